The zero-order valence-corrected chi connectivity index (χ0v) is 13.7. The lowest BCUT2D eigenvalue weighted by atomic mass is 9.82. The van der Waals surface area contributed by atoms with E-state index in [0.29, 0.717) is 18.5 Å². The highest BCUT2D eigenvalue weighted by Gasteiger charge is 2.33. The van der Waals surface area contributed by atoms with Crippen LogP contribution >= 0.6 is 0 Å². The molecule has 3 N–H and O–H groups in total. The first-order valence-corrected chi connectivity index (χ1v) is 8.24. The van der Waals surface area contributed by atoms with Crippen molar-refractivity contribution < 1.29 is 14.7 Å². The second-order valence-corrected chi connectivity index (χ2v) is 6.05. The molecule has 1 amide bonds. The van der Waals surface area contributed by atoms with Crippen LogP contribution in [0.1, 0.15) is 12.8 Å². The topological polar surface area (TPSA) is 78.4 Å². The molecular weight excluding hydrogens is 316 g/mol. The second-order valence-electron chi connectivity index (χ2n) is 6.05. The molecule has 0 spiro atoms. The highest BCUT2D eigenvalue weighted by molar-refractivity contribution is 5.95. The first-order valence-electron chi connectivity index (χ1n) is 8.24. The Balaban J connectivity index is 1.63. The number of carbonyl (C=O) groups is 2. The predicted octanol–water partition coefficient (Wildman–Crippen LogP) is 4.04. The minimum absolute atomic E-state index is 0.250. The molecule has 1 aliphatic rings. The van der Waals surface area contributed by atoms with E-state index in [2.05, 4.69) is 10.6 Å². The SMILES string of the molecule is O=C(O)C1CC=CCC1C(=O)Nc1ccc(Nc2ccccc2)cc1. The van der Waals surface area contributed by atoms with E-state index >= 15 is 0 Å². The fraction of sp³-hybridized carbons (Fsp3) is 0.200. The fourth-order valence-corrected chi connectivity index (χ4v) is 2.94. The van der Waals surface area contributed by atoms with Crippen LogP contribution in [-0.2, 0) is 9.59 Å². The summed E-state index contributed by atoms with van der Waals surface area (Å²) in [6.07, 6.45) is 4.55. The summed E-state index contributed by atoms with van der Waals surface area (Å²) in [6.45, 7) is 0. The third-order valence-corrected chi connectivity index (χ3v) is 4.30. The Morgan fingerprint density at radius 3 is 2.00 bits per heavy atom. The lowest BCUT2D eigenvalue weighted by Gasteiger charge is -2.24. The van der Waals surface area contributed by atoms with Crippen molar-refractivity contribution in [1.82, 2.24) is 0 Å². The summed E-state index contributed by atoms with van der Waals surface area (Å²) in [6, 6.07) is 17.2. The third-order valence-electron chi connectivity index (χ3n) is 4.30. The molecule has 128 valence electrons. The standard InChI is InChI=1S/C20H20N2O3/c23-19(17-8-4-5-9-18(17)20(24)25)22-16-12-10-15(11-13-16)21-14-6-2-1-3-7-14/h1-7,10-13,17-18,21H,8-9H2,(H,22,23)(H,24,25). The molecule has 0 saturated heterocycles. The zero-order chi connectivity index (χ0) is 17.6. The molecule has 0 bridgehead atoms. The average Bonchev–Trinajstić information content (AvgIpc) is 2.64. The lowest BCUT2D eigenvalue weighted by molar-refractivity contribution is -0.146. The van der Waals surface area contributed by atoms with Crippen molar-refractivity contribution in [3.63, 3.8) is 0 Å². The maximum atomic E-state index is 12.4. The molecule has 3 rings (SSSR count). The quantitative estimate of drug-likeness (QED) is 0.720. The van der Waals surface area contributed by atoms with Gasteiger partial charge in [-0.05, 0) is 49.2 Å². The number of para-hydroxylation sites is 1. The van der Waals surface area contributed by atoms with Gasteiger partial charge in [0.25, 0.3) is 0 Å². The van der Waals surface area contributed by atoms with E-state index in [1.165, 1.54) is 0 Å². The molecule has 2 atom stereocenters. The van der Waals surface area contributed by atoms with Crippen molar-refractivity contribution in [3.05, 3.63) is 66.7 Å². The van der Waals surface area contributed by atoms with Crippen molar-refractivity contribution in [2.75, 3.05) is 10.6 Å². The molecule has 0 fully saturated rings. The van der Waals surface area contributed by atoms with Crippen LogP contribution in [0.3, 0.4) is 0 Å². The molecule has 5 nitrogen and oxygen atoms in total. The van der Waals surface area contributed by atoms with E-state index in [1.54, 1.807) is 12.1 Å². The third kappa shape index (κ3) is 4.26. The number of amides is 1. The highest BCUT2D eigenvalue weighted by atomic mass is 16.4. The zero-order valence-electron chi connectivity index (χ0n) is 13.7. The first-order chi connectivity index (χ1) is 12.1. The maximum absolute atomic E-state index is 12.4. The highest BCUT2D eigenvalue weighted by Crippen LogP contribution is 2.27. The maximum Gasteiger partial charge on any atom is 0.307 e. The number of benzene rings is 2. The summed E-state index contributed by atoms with van der Waals surface area (Å²) in [7, 11) is 0. The Kier molecular flexibility index (Phi) is 5.14. The van der Waals surface area contributed by atoms with Gasteiger partial charge in [-0.3, -0.25) is 9.59 Å². The number of carboxylic acids is 1. The molecular formula is C20H20N2O3. The van der Waals surface area contributed by atoms with Gasteiger partial charge in [-0.15, -0.1) is 0 Å². The molecule has 0 aliphatic heterocycles. The van der Waals surface area contributed by atoms with Crippen LogP contribution in [0.25, 0.3) is 0 Å². The van der Waals surface area contributed by atoms with Gasteiger partial charge in [0.1, 0.15) is 0 Å². The van der Waals surface area contributed by atoms with Crippen molar-refractivity contribution in [2.45, 2.75) is 12.8 Å². The van der Waals surface area contributed by atoms with Gasteiger partial charge in [0.15, 0.2) is 0 Å². The van der Waals surface area contributed by atoms with Crippen molar-refractivity contribution >= 4 is 28.9 Å². The van der Waals surface area contributed by atoms with Crippen molar-refractivity contribution in [1.29, 1.82) is 0 Å². The van der Waals surface area contributed by atoms with Gasteiger partial charge in [-0.2, -0.15) is 0 Å². The molecule has 2 aromatic rings. The van der Waals surface area contributed by atoms with Crippen LogP contribution in [0.15, 0.2) is 66.7 Å². The number of nitrogens with one attached hydrogen (secondary N) is 2. The molecule has 0 aromatic heterocycles. The number of allylic oxidation sites excluding steroid dienone is 2. The van der Waals surface area contributed by atoms with E-state index < -0.39 is 17.8 Å². The van der Waals surface area contributed by atoms with Gasteiger partial charge < -0.3 is 15.7 Å². The van der Waals surface area contributed by atoms with Gasteiger partial charge in [-0.25, -0.2) is 0 Å². The first kappa shape index (κ1) is 16.8. The summed E-state index contributed by atoms with van der Waals surface area (Å²) in [5.41, 5.74) is 2.55. The van der Waals surface area contributed by atoms with Crippen molar-refractivity contribution in [2.24, 2.45) is 11.8 Å². The molecule has 0 saturated carbocycles. The fourth-order valence-electron chi connectivity index (χ4n) is 2.94. The smallest absolute Gasteiger partial charge is 0.307 e. The number of hydrogen-bond acceptors (Lipinski definition) is 3. The van der Waals surface area contributed by atoms with Crippen molar-refractivity contribution in [3.8, 4) is 0 Å². The van der Waals surface area contributed by atoms with Gasteiger partial charge in [0.2, 0.25) is 5.91 Å². The Labute approximate surface area is 146 Å². The predicted molar refractivity (Wildman–Crippen MR) is 97.8 cm³/mol. The van der Waals surface area contributed by atoms with Crippen LogP contribution in [0.4, 0.5) is 17.1 Å². The number of hydrogen-bond donors (Lipinski definition) is 3. The molecule has 2 aromatic carbocycles. The number of rotatable bonds is 5. The molecule has 25 heavy (non-hydrogen) atoms. The van der Waals surface area contributed by atoms with Crippen LogP contribution in [0.5, 0.6) is 0 Å². The van der Waals surface area contributed by atoms with Crippen LogP contribution in [0.2, 0.25) is 0 Å². The Morgan fingerprint density at radius 2 is 1.36 bits per heavy atom. The van der Waals surface area contributed by atoms with Crippen LogP contribution in [0, 0.1) is 11.8 Å². The Morgan fingerprint density at radius 1 is 0.800 bits per heavy atom. The summed E-state index contributed by atoms with van der Waals surface area (Å²) in [5.74, 6) is -2.37. The summed E-state index contributed by atoms with van der Waals surface area (Å²) in [4.78, 5) is 23.8. The monoisotopic (exact) mass is 336 g/mol. The second kappa shape index (κ2) is 7.66. The number of carboxylic acid groups (broad SMARTS) is 1. The van der Waals surface area contributed by atoms with E-state index in [-0.39, 0.29) is 5.91 Å². The minimum Gasteiger partial charge on any atom is -0.481 e. The normalized spacial score (nSPS) is 19.2. The molecule has 5 heteroatoms. The van der Waals surface area contributed by atoms with Gasteiger partial charge in [-0.1, -0.05) is 30.4 Å². The number of aliphatic carboxylic acids is 1. The van der Waals surface area contributed by atoms with Gasteiger partial charge in [0, 0.05) is 17.1 Å². The van der Waals surface area contributed by atoms with Crippen LogP contribution < -0.4 is 10.6 Å². The number of anilines is 3. The molecule has 0 heterocycles. The Hall–Kier alpha value is -3.08. The van der Waals surface area contributed by atoms with Gasteiger partial charge in [0.05, 0.1) is 11.8 Å². The number of carbonyl (C=O) groups excluding carboxylic acids is 1. The minimum atomic E-state index is -0.924. The lowest BCUT2D eigenvalue weighted by Crippen LogP contribution is -2.34. The largest absolute Gasteiger partial charge is 0.481 e. The van der Waals surface area contributed by atoms with E-state index in [4.69, 9.17) is 0 Å². The van der Waals surface area contributed by atoms with E-state index in [1.807, 2.05) is 54.6 Å². The van der Waals surface area contributed by atoms with E-state index in [0.717, 1.165) is 11.4 Å². The summed E-state index contributed by atoms with van der Waals surface area (Å²) < 4.78 is 0. The van der Waals surface area contributed by atoms with Crippen LogP contribution in [-0.4, -0.2) is 17.0 Å². The van der Waals surface area contributed by atoms with E-state index in [9.17, 15) is 14.7 Å². The molecule has 1 aliphatic carbocycles. The molecule has 0 radical (unpaired) electrons. The van der Waals surface area contributed by atoms with Gasteiger partial charge >= 0.3 is 5.97 Å². The summed E-state index contributed by atoms with van der Waals surface area (Å²) in [5, 5.41) is 15.4. The summed E-state index contributed by atoms with van der Waals surface area (Å²) >= 11 is 0. The Bertz CT molecular complexity index is 769. The molecule has 2 unspecified atom stereocenters. The average molecular weight is 336 g/mol.